The van der Waals surface area contributed by atoms with E-state index in [1.165, 1.54) is 0 Å². The third kappa shape index (κ3) is 9.21. The van der Waals surface area contributed by atoms with Crippen LogP contribution in [-0.2, 0) is 0 Å². The van der Waals surface area contributed by atoms with Gasteiger partial charge in [0.15, 0.2) is 0 Å². The zero-order valence-electron chi connectivity index (χ0n) is 12.2. The Hall–Kier alpha value is -0.515. The molecule has 0 amide bonds. The second-order valence-electron chi connectivity index (χ2n) is 4.77. The molecule has 0 fully saturated rings. The molecule has 5 heteroatoms. The number of nitrogens with zero attached hydrogens (tertiary/aromatic N) is 1. The third-order valence-electron chi connectivity index (χ3n) is 2.39. The molecule has 0 spiro atoms. The fraction of sp³-hybridized carbons (Fsp3) is 0.833. The molecule has 1 rings (SSSR count). The summed E-state index contributed by atoms with van der Waals surface area (Å²) in [5, 5.41) is 20.1. The molecule has 0 aliphatic carbocycles. The molecule has 1 aliphatic rings. The molecule has 0 saturated carbocycles. The van der Waals surface area contributed by atoms with Crippen LogP contribution in [0.5, 0.6) is 0 Å². The lowest BCUT2D eigenvalue weighted by Crippen LogP contribution is -2.44. The Kier molecular flexibility index (Phi) is 8.58. The van der Waals surface area contributed by atoms with E-state index in [-0.39, 0.29) is 0 Å². The van der Waals surface area contributed by atoms with Crippen LogP contribution in [0.3, 0.4) is 0 Å². The lowest BCUT2D eigenvalue weighted by atomic mass is 9.90. The van der Waals surface area contributed by atoms with Crippen molar-refractivity contribution in [2.45, 2.75) is 52.7 Å². The summed E-state index contributed by atoms with van der Waals surface area (Å²) in [6, 6.07) is 0. The predicted molar refractivity (Wildman–Crippen MR) is 73.5 cm³/mol. The Morgan fingerprint density at radius 3 is 1.59 bits per heavy atom. The number of nitrogens with one attached hydrogen (secondary N) is 1. The molecular formula is C12H27BN2O2. The van der Waals surface area contributed by atoms with Gasteiger partial charge in [0.25, 0.3) is 0 Å². The standard InChI is InChI=1S/C6H14O2.C4H7BN2.C2H6/c1-5(2,7)6(3,4)8;1-7-3-4(5)2-6-7;1-2/h7-8H,1-4H3;3,6H,2H2,1H3;1-2H3. The normalized spacial score (nSPS) is 15.4. The fourth-order valence-electron chi connectivity index (χ4n) is 0.556. The van der Waals surface area contributed by atoms with E-state index in [1.807, 2.05) is 32.1 Å². The lowest BCUT2D eigenvalue weighted by molar-refractivity contribution is -0.107. The Balaban J connectivity index is 0. The quantitative estimate of drug-likeness (QED) is 0.600. The highest BCUT2D eigenvalue weighted by Crippen LogP contribution is 2.19. The molecular weight excluding hydrogens is 215 g/mol. The molecule has 17 heavy (non-hydrogen) atoms. The summed E-state index contributed by atoms with van der Waals surface area (Å²) in [6.45, 7) is 11.1. The van der Waals surface area contributed by atoms with Gasteiger partial charge in [0, 0.05) is 19.8 Å². The molecule has 0 saturated heterocycles. The Morgan fingerprint density at radius 1 is 1.18 bits per heavy atom. The molecule has 3 N–H and O–H groups in total. The average Bonchev–Trinajstić information content (AvgIpc) is 2.51. The molecule has 1 aliphatic heterocycles. The molecule has 4 nitrogen and oxygen atoms in total. The van der Waals surface area contributed by atoms with E-state index in [1.54, 1.807) is 27.7 Å². The molecule has 0 bridgehead atoms. The summed E-state index contributed by atoms with van der Waals surface area (Å²) in [5.41, 5.74) is 1.86. The van der Waals surface area contributed by atoms with Gasteiger partial charge < -0.3 is 15.2 Å². The van der Waals surface area contributed by atoms with E-state index in [9.17, 15) is 0 Å². The Bertz CT molecular complexity index is 218. The summed E-state index contributed by atoms with van der Waals surface area (Å²) in [6.07, 6.45) is 1.86. The number of aliphatic hydroxyl groups is 2. The van der Waals surface area contributed by atoms with Crippen molar-refractivity contribution in [3.8, 4) is 0 Å². The van der Waals surface area contributed by atoms with Gasteiger partial charge in [-0.2, -0.15) is 0 Å². The number of hydrogen-bond donors (Lipinski definition) is 3. The van der Waals surface area contributed by atoms with E-state index in [0.29, 0.717) is 0 Å². The molecule has 0 unspecified atom stereocenters. The summed E-state index contributed by atoms with van der Waals surface area (Å²) in [5.74, 6) is 0. The van der Waals surface area contributed by atoms with Crippen molar-refractivity contribution in [2.75, 3.05) is 13.6 Å². The summed E-state index contributed by atoms with van der Waals surface area (Å²) >= 11 is 0. The average molecular weight is 242 g/mol. The van der Waals surface area contributed by atoms with E-state index >= 15 is 0 Å². The second-order valence-corrected chi connectivity index (χ2v) is 4.77. The zero-order valence-corrected chi connectivity index (χ0v) is 12.2. The summed E-state index contributed by atoms with van der Waals surface area (Å²) in [7, 11) is 7.30. The first-order valence-corrected chi connectivity index (χ1v) is 5.91. The summed E-state index contributed by atoms with van der Waals surface area (Å²) < 4.78 is 0. The highest BCUT2D eigenvalue weighted by Gasteiger charge is 2.31. The maximum Gasteiger partial charge on any atom is 0.111 e. The van der Waals surface area contributed by atoms with Crippen LogP contribution in [0.4, 0.5) is 0 Å². The fourth-order valence-corrected chi connectivity index (χ4v) is 0.556. The van der Waals surface area contributed by atoms with Crippen molar-refractivity contribution in [3.63, 3.8) is 0 Å². The van der Waals surface area contributed by atoms with Crippen molar-refractivity contribution < 1.29 is 10.2 Å². The van der Waals surface area contributed by atoms with Gasteiger partial charge in [0.2, 0.25) is 0 Å². The van der Waals surface area contributed by atoms with Crippen molar-refractivity contribution in [1.29, 1.82) is 0 Å². The first-order chi connectivity index (χ1) is 7.54. The molecule has 100 valence electrons. The maximum absolute atomic E-state index is 9.10. The van der Waals surface area contributed by atoms with Gasteiger partial charge in [0.1, 0.15) is 7.85 Å². The van der Waals surface area contributed by atoms with E-state index in [2.05, 4.69) is 5.43 Å². The highest BCUT2D eigenvalue weighted by atomic mass is 16.3. The zero-order chi connectivity index (χ0) is 14.3. The number of hydrazine groups is 1. The first-order valence-electron chi connectivity index (χ1n) is 5.91. The van der Waals surface area contributed by atoms with Gasteiger partial charge in [-0.1, -0.05) is 19.3 Å². The first kappa shape index (κ1) is 18.8. The van der Waals surface area contributed by atoms with Crippen LogP contribution < -0.4 is 5.43 Å². The monoisotopic (exact) mass is 242 g/mol. The van der Waals surface area contributed by atoms with Gasteiger partial charge in [-0.05, 0) is 27.7 Å². The van der Waals surface area contributed by atoms with Crippen molar-refractivity contribution in [1.82, 2.24) is 10.4 Å². The van der Waals surface area contributed by atoms with Crippen molar-refractivity contribution in [2.24, 2.45) is 0 Å². The van der Waals surface area contributed by atoms with Gasteiger partial charge in [0.05, 0.1) is 11.2 Å². The van der Waals surface area contributed by atoms with E-state index in [0.717, 1.165) is 12.0 Å². The Morgan fingerprint density at radius 2 is 1.53 bits per heavy atom. The SMILES string of the molecule is CC.CC(C)(O)C(C)(C)O.[B]C1=CN(C)NC1. The van der Waals surface area contributed by atoms with Crippen LogP contribution in [0.25, 0.3) is 0 Å². The molecule has 0 aromatic heterocycles. The minimum atomic E-state index is -1.01. The van der Waals surface area contributed by atoms with E-state index in [4.69, 9.17) is 18.1 Å². The van der Waals surface area contributed by atoms with Crippen molar-refractivity contribution in [3.05, 3.63) is 11.7 Å². The predicted octanol–water partition coefficient (Wildman–Crippen LogP) is 1.00. The second kappa shape index (κ2) is 7.74. The van der Waals surface area contributed by atoms with Crippen LogP contribution in [0.1, 0.15) is 41.5 Å². The minimum Gasteiger partial charge on any atom is -0.387 e. The van der Waals surface area contributed by atoms with Crippen LogP contribution >= 0.6 is 0 Å². The van der Waals surface area contributed by atoms with Crippen LogP contribution in [0.2, 0.25) is 0 Å². The molecule has 0 aromatic carbocycles. The minimum absolute atomic E-state index is 0.788. The van der Waals surface area contributed by atoms with Gasteiger partial charge >= 0.3 is 0 Å². The smallest absolute Gasteiger partial charge is 0.111 e. The summed E-state index contributed by atoms with van der Waals surface area (Å²) in [4.78, 5) is 0. The topological polar surface area (TPSA) is 55.7 Å². The maximum atomic E-state index is 9.10. The van der Waals surface area contributed by atoms with Crippen LogP contribution in [0, 0.1) is 0 Å². The number of rotatable bonds is 1. The Labute approximate surface area is 107 Å². The third-order valence-corrected chi connectivity index (χ3v) is 2.39. The molecule has 0 atom stereocenters. The van der Waals surface area contributed by atoms with E-state index < -0.39 is 11.2 Å². The van der Waals surface area contributed by atoms with Crippen molar-refractivity contribution >= 4 is 7.85 Å². The van der Waals surface area contributed by atoms with Gasteiger partial charge in [-0.25, -0.2) is 5.43 Å². The van der Waals surface area contributed by atoms with Crippen LogP contribution in [-0.4, -0.2) is 47.9 Å². The van der Waals surface area contributed by atoms with Gasteiger partial charge in [-0.3, -0.25) is 0 Å². The number of hydrogen-bond acceptors (Lipinski definition) is 4. The van der Waals surface area contributed by atoms with Crippen LogP contribution in [0.15, 0.2) is 11.7 Å². The van der Waals surface area contributed by atoms with Gasteiger partial charge in [-0.15, -0.1) is 0 Å². The molecule has 1 heterocycles. The largest absolute Gasteiger partial charge is 0.387 e. The molecule has 0 aromatic rings. The lowest BCUT2D eigenvalue weighted by Gasteiger charge is -2.31. The molecule has 2 radical (unpaired) electrons. The highest BCUT2D eigenvalue weighted by molar-refractivity contribution is 6.22.